The van der Waals surface area contributed by atoms with E-state index in [9.17, 15) is 0 Å². The number of rotatable bonds is 4. The summed E-state index contributed by atoms with van der Waals surface area (Å²) in [5.41, 5.74) is 3.38. The maximum atomic E-state index is 9.16. The molecule has 0 aliphatic carbocycles. The summed E-state index contributed by atoms with van der Waals surface area (Å²) < 4.78 is 1.07. The lowest BCUT2D eigenvalue weighted by atomic mass is 10.0. The molecule has 4 nitrogen and oxygen atoms in total. The van der Waals surface area contributed by atoms with Crippen molar-refractivity contribution in [3.05, 3.63) is 59.1 Å². The smallest absolute Gasteiger partial charge is 0.137 e. The Morgan fingerprint density at radius 3 is 2.46 bits per heavy atom. The maximum Gasteiger partial charge on any atom is 0.137 e. The minimum atomic E-state index is 0.221. The number of halogens is 1. The van der Waals surface area contributed by atoms with Gasteiger partial charge in [0.2, 0.25) is 0 Å². The molecule has 0 radical (unpaired) electrons. The van der Waals surface area contributed by atoms with Crippen molar-refractivity contribution in [3.8, 4) is 11.1 Å². The lowest BCUT2D eigenvalue weighted by Crippen LogP contribution is -2.47. The molecule has 0 unspecified atom stereocenters. The van der Waals surface area contributed by atoms with E-state index in [4.69, 9.17) is 10.1 Å². The van der Waals surface area contributed by atoms with Crippen LogP contribution in [0.1, 0.15) is 0 Å². The molecule has 0 atom stereocenters. The Labute approximate surface area is 162 Å². The Balaban J connectivity index is 1.76. The number of aliphatic hydroxyl groups is 1. The van der Waals surface area contributed by atoms with E-state index in [1.54, 1.807) is 0 Å². The highest BCUT2D eigenvalue weighted by Crippen LogP contribution is 2.33. The molecule has 0 saturated carbocycles. The Hall–Kier alpha value is -1.95. The van der Waals surface area contributed by atoms with Gasteiger partial charge in [0.25, 0.3) is 0 Å². The van der Waals surface area contributed by atoms with E-state index in [0.29, 0.717) is 0 Å². The number of hydrogen-bond donors (Lipinski definition) is 1. The van der Waals surface area contributed by atoms with Gasteiger partial charge in [-0.25, -0.2) is 4.98 Å². The average Bonchev–Trinajstić information content (AvgIpc) is 2.68. The number of nitrogens with zero attached hydrogens (tertiary/aromatic N) is 3. The number of piperazine rings is 1. The minimum absolute atomic E-state index is 0.221. The van der Waals surface area contributed by atoms with Gasteiger partial charge in [0.1, 0.15) is 5.82 Å². The van der Waals surface area contributed by atoms with Crippen molar-refractivity contribution in [2.45, 2.75) is 0 Å². The van der Waals surface area contributed by atoms with Crippen molar-refractivity contribution in [2.75, 3.05) is 44.2 Å². The van der Waals surface area contributed by atoms with Crippen molar-refractivity contribution < 1.29 is 5.11 Å². The Bertz CT molecular complexity index is 892. The zero-order valence-electron chi connectivity index (χ0n) is 14.6. The number of anilines is 1. The summed E-state index contributed by atoms with van der Waals surface area (Å²) in [4.78, 5) is 9.70. The fourth-order valence-corrected chi connectivity index (χ4v) is 3.91. The second-order valence-corrected chi connectivity index (χ2v) is 7.53. The average molecular weight is 412 g/mol. The van der Waals surface area contributed by atoms with E-state index in [2.05, 4.69) is 68.2 Å². The first kappa shape index (κ1) is 17.5. The third kappa shape index (κ3) is 3.61. The largest absolute Gasteiger partial charge is 0.395 e. The van der Waals surface area contributed by atoms with Crippen LogP contribution in [-0.4, -0.2) is 54.3 Å². The van der Waals surface area contributed by atoms with E-state index in [1.807, 2.05) is 12.1 Å². The molecule has 1 fully saturated rings. The van der Waals surface area contributed by atoms with E-state index in [0.717, 1.165) is 53.9 Å². The highest BCUT2D eigenvalue weighted by molar-refractivity contribution is 9.10. The van der Waals surface area contributed by atoms with Gasteiger partial charge in [0.05, 0.1) is 12.1 Å². The van der Waals surface area contributed by atoms with Gasteiger partial charge < -0.3 is 10.0 Å². The van der Waals surface area contributed by atoms with Crippen LogP contribution in [0.3, 0.4) is 0 Å². The van der Waals surface area contributed by atoms with Crippen LogP contribution in [0.15, 0.2) is 59.1 Å². The van der Waals surface area contributed by atoms with Crippen molar-refractivity contribution in [1.82, 2.24) is 9.88 Å². The normalized spacial score (nSPS) is 15.5. The molecule has 134 valence electrons. The van der Waals surface area contributed by atoms with Crippen molar-refractivity contribution >= 4 is 32.7 Å². The number of β-amino-alcohol motifs (C(OH)–C–C–N with tert-alkyl or cyclic N) is 1. The van der Waals surface area contributed by atoms with Crippen LogP contribution in [-0.2, 0) is 0 Å². The fraction of sp³-hybridized carbons (Fsp3) is 0.286. The predicted octanol–water partition coefficient (Wildman–Crippen LogP) is 3.78. The molecule has 0 amide bonds. The summed E-state index contributed by atoms with van der Waals surface area (Å²) in [5, 5.41) is 10.3. The summed E-state index contributed by atoms with van der Waals surface area (Å²) in [6.07, 6.45) is 0. The van der Waals surface area contributed by atoms with Crippen LogP contribution in [0.5, 0.6) is 0 Å². The first-order valence-electron chi connectivity index (χ1n) is 8.98. The topological polar surface area (TPSA) is 39.6 Å². The van der Waals surface area contributed by atoms with Crippen molar-refractivity contribution in [2.24, 2.45) is 0 Å². The van der Waals surface area contributed by atoms with Crippen LogP contribution in [0.4, 0.5) is 5.82 Å². The first-order chi connectivity index (χ1) is 12.7. The maximum absolute atomic E-state index is 9.16. The molecule has 1 N–H and O–H groups in total. The predicted molar refractivity (Wildman–Crippen MR) is 111 cm³/mol. The van der Waals surface area contributed by atoms with Gasteiger partial charge >= 0.3 is 0 Å². The molecule has 1 saturated heterocycles. The first-order valence-corrected chi connectivity index (χ1v) is 9.78. The van der Waals surface area contributed by atoms with Gasteiger partial charge in [-0.1, -0.05) is 46.3 Å². The van der Waals surface area contributed by atoms with E-state index in [1.165, 1.54) is 11.1 Å². The molecular formula is C21H22BrN3O. The number of aromatic nitrogens is 1. The monoisotopic (exact) mass is 411 g/mol. The number of hydrogen-bond acceptors (Lipinski definition) is 4. The SMILES string of the molecule is OCCN1CCN(c2nc3ccc(Br)cc3cc2-c2ccccc2)CC1. The highest BCUT2D eigenvalue weighted by Gasteiger charge is 2.21. The summed E-state index contributed by atoms with van der Waals surface area (Å²) >= 11 is 3.57. The highest BCUT2D eigenvalue weighted by atomic mass is 79.9. The number of pyridine rings is 1. The number of benzene rings is 2. The summed E-state index contributed by atoms with van der Waals surface area (Å²) in [6.45, 7) is 4.73. The van der Waals surface area contributed by atoms with Crippen molar-refractivity contribution in [3.63, 3.8) is 0 Å². The summed E-state index contributed by atoms with van der Waals surface area (Å²) in [6, 6.07) is 19.0. The second-order valence-electron chi connectivity index (χ2n) is 6.61. The van der Waals surface area contributed by atoms with E-state index < -0.39 is 0 Å². The molecule has 2 heterocycles. The molecule has 1 aliphatic heterocycles. The van der Waals surface area contributed by atoms with Gasteiger partial charge in [0.15, 0.2) is 0 Å². The molecule has 0 bridgehead atoms. The van der Waals surface area contributed by atoms with Gasteiger partial charge in [-0.3, -0.25) is 4.90 Å². The fourth-order valence-electron chi connectivity index (χ4n) is 3.53. The molecule has 5 heteroatoms. The molecule has 0 spiro atoms. The van der Waals surface area contributed by atoms with Gasteiger partial charge in [-0.2, -0.15) is 0 Å². The van der Waals surface area contributed by atoms with Crippen LogP contribution in [0.25, 0.3) is 22.0 Å². The molecule has 1 aliphatic rings. The second kappa shape index (κ2) is 7.74. The van der Waals surface area contributed by atoms with Gasteiger partial charge in [0, 0.05) is 48.1 Å². The quantitative estimate of drug-likeness (QED) is 0.708. The molecule has 26 heavy (non-hydrogen) atoms. The summed E-state index contributed by atoms with van der Waals surface area (Å²) in [7, 11) is 0. The van der Waals surface area contributed by atoms with E-state index >= 15 is 0 Å². The molecule has 4 rings (SSSR count). The molecule has 3 aromatic rings. The Kier molecular flexibility index (Phi) is 5.20. The van der Waals surface area contributed by atoms with Crippen LogP contribution in [0.2, 0.25) is 0 Å². The van der Waals surface area contributed by atoms with Crippen molar-refractivity contribution in [1.29, 1.82) is 0 Å². The zero-order chi connectivity index (χ0) is 17.9. The molecular weight excluding hydrogens is 390 g/mol. The lowest BCUT2D eigenvalue weighted by Gasteiger charge is -2.36. The van der Waals surface area contributed by atoms with Gasteiger partial charge in [-0.15, -0.1) is 0 Å². The standard InChI is InChI=1S/C21H22BrN3O/c22-18-6-7-20-17(14-18)15-19(16-4-2-1-3-5-16)21(23-20)25-10-8-24(9-11-25)12-13-26/h1-7,14-15,26H,8-13H2. The Morgan fingerprint density at radius 1 is 0.962 bits per heavy atom. The van der Waals surface area contributed by atoms with Crippen LogP contribution in [0, 0.1) is 0 Å². The zero-order valence-corrected chi connectivity index (χ0v) is 16.2. The minimum Gasteiger partial charge on any atom is -0.395 e. The van der Waals surface area contributed by atoms with Crippen LogP contribution >= 0.6 is 15.9 Å². The third-order valence-electron chi connectivity index (χ3n) is 4.93. The lowest BCUT2D eigenvalue weighted by molar-refractivity contribution is 0.188. The van der Waals surface area contributed by atoms with Gasteiger partial charge in [-0.05, 0) is 29.8 Å². The molecule has 2 aromatic carbocycles. The third-order valence-corrected chi connectivity index (χ3v) is 5.42. The van der Waals surface area contributed by atoms with E-state index in [-0.39, 0.29) is 6.61 Å². The number of fused-ring (bicyclic) bond motifs is 1. The summed E-state index contributed by atoms with van der Waals surface area (Å²) in [5.74, 6) is 1.05. The Morgan fingerprint density at radius 2 is 1.73 bits per heavy atom. The number of aliphatic hydroxyl groups excluding tert-OH is 1. The molecule has 1 aromatic heterocycles. The van der Waals surface area contributed by atoms with Crippen LogP contribution < -0.4 is 4.90 Å².